The fraction of sp³-hybridized carbons (Fsp3) is 0.300. The molecule has 0 saturated heterocycles. The van der Waals surface area contributed by atoms with Gasteiger partial charge in [-0.05, 0) is 42.3 Å². The molecule has 1 heterocycles. The minimum atomic E-state index is -0.103. The summed E-state index contributed by atoms with van der Waals surface area (Å²) in [5.41, 5.74) is 1.79. The maximum atomic E-state index is 12.1. The van der Waals surface area contributed by atoms with Crippen molar-refractivity contribution >= 4 is 27.8 Å². The molecule has 2 aromatic rings. The van der Waals surface area contributed by atoms with E-state index >= 15 is 0 Å². The van der Waals surface area contributed by atoms with Crippen LogP contribution in [0.5, 0.6) is 11.5 Å². The SMILES string of the molecule is CN=C(NCCNC(=O)c1cccc(Br)c1)NCCc1ccc2c(c1)OCO2. The first-order valence-electron chi connectivity index (χ1n) is 9.02. The van der Waals surface area contributed by atoms with E-state index < -0.39 is 0 Å². The third kappa shape index (κ3) is 5.63. The van der Waals surface area contributed by atoms with Gasteiger partial charge in [0.2, 0.25) is 6.79 Å². The van der Waals surface area contributed by atoms with E-state index in [1.54, 1.807) is 19.2 Å². The Morgan fingerprint density at radius 2 is 1.82 bits per heavy atom. The lowest BCUT2D eigenvalue weighted by Crippen LogP contribution is -2.42. The maximum absolute atomic E-state index is 12.1. The van der Waals surface area contributed by atoms with E-state index in [1.807, 2.05) is 30.3 Å². The zero-order valence-electron chi connectivity index (χ0n) is 15.6. The second-order valence-corrected chi connectivity index (χ2v) is 7.05. The van der Waals surface area contributed by atoms with Crippen molar-refractivity contribution < 1.29 is 14.3 Å². The highest BCUT2D eigenvalue weighted by molar-refractivity contribution is 9.10. The molecule has 2 aromatic carbocycles. The average molecular weight is 447 g/mol. The normalized spacial score (nSPS) is 12.6. The molecular formula is C20H23BrN4O3. The highest BCUT2D eigenvalue weighted by Gasteiger charge is 2.13. The molecule has 0 fully saturated rings. The molecule has 3 N–H and O–H groups in total. The molecule has 0 radical (unpaired) electrons. The van der Waals surface area contributed by atoms with Crippen molar-refractivity contribution in [2.24, 2.45) is 4.99 Å². The van der Waals surface area contributed by atoms with Crippen LogP contribution in [-0.4, -0.2) is 45.3 Å². The van der Waals surface area contributed by atoms with Gasteiger partial charge in [0.1, 0.15) is 0 Å². The summed E-state index contributed by atoms with van der Waals surface area (Å²) in [7, 11) is 1.72. The molecule has 1 aliphatic rings. The van der Waals surface area contributed by atoms with Crippen LogP contribution in [0.4, 0.5) is 0 Å². The molecule has 7 nitrogen and oxygen atoms in total. The van der Waals surface area contributed by atoms with Gasteiger partial charge in [-0.15, -0.1) is 0 Å². The van der Waals surface area contributed by atoms with Gasteiger partial charge in [-0.1, -0.05) is 28.1 Å². The van der Waals surface area contributed by atoms with E-state index in [1.165, 1.54) is 0 Å². The Morgan fingerprint density at radius 1 is 1.04 bits per heavy atom. The fourth-order valence-electron chi connectivity index (χ4n) is 2.73. The van der Waals surface area contributed by atoms with Gasteiger partial charge in [0, 0.05) is 36.7 Å². The van der Waals surface area contributed by atoms with Gasteiger partial charge in [0.05, 0.1) is 0 Å². The molecule has 28 heavy (non-hydrogen) atoms. The number of aliphatic imine (C=N–C) groups is 1. The number of hydrogen-bond acceptors (Lipinski definition) is 4. The number of fused-ring (bicyclic) bond motifs is 1. The topological polar surface area (TPSA) is 84.0 Å². The molecule has 0 unspecified atom stereocenters. The molecule has 0 spiro atoms. The van der Waals surface area contributed by atoms with Gasteiger partial charge < -0.3 is 25.4 Å². The first-order valence-corrected chi connectivity index (χ1v) is 9.82. The molecule has 0 bridgehead atoms. The number of rotatable bonds is 7. The maximum Gasteiger partial charge on any atom is 0.251 e. The zero-order valence-corrected chi connectivity index (χ0v) is 17.2. The number of amides is 1. The van der Waals surface area contributed by atoms with Crippen LogP contribution in [0.3, 0.4) is 0 Å². The Morgan fingerprint density at radius 3 is 2.64 bits per heavy atom. The largest absolute Gasteiger partial charge is 0.454 e. The average Bonchev–Trinajstić information content (AvgIpc) is 3.17. The minimum absolute atomic E-state index is 0.103. The summed E-state index contributed by atoms with van der Waals surface area (Å²) in [5, 5.41) is 9.33. The van der Waals surface area contributed by atoms with E-state index in [9.17, 15) is 4.79 Å². The molecule has 148 valence electrons. The van der Waals surface area contributed by atoms with E-state index in [-0.39, 0.29) is 12.7 Å². The minimum Gasteiger partial charge on any atom is -0.454 e. The Hall–Kier alpha value is -2.74. The number of nitrogens with one attached hydrogen (secondary N) is 3. The molecule has 3 rings (SSSR count). The van der Waals surface area contributed by atoms with Gasteiger partial charge in [0.25, 0.3) is 5.91 Å². The van der Waals surface area contributed by atoms with Crippen molar-refractivity contribution in [2.45, 2.75) is 6.42 Å². The predicted molar refractivity (Wildman–Crippen MR) is 112 cm³/mol. The molecule has 1 amide bonds. The van der Waals surface area contributed by atoms with Crippen LogP contribution in [-0.2, 0) is 6.42 Å². The molecular weight excluding hydrogens is 424 g/mol. The van der Waals surface area contributed by atoms with E-state index in [4.69, 9.17) is 9.47 Å². The highest BCUT2D eigenvalue weighted by Crippen LogP contribution is 2.32. The van der Waals surface area contributed by atoms with Crippen molar-refractivity contribution in [1.82, 2.24) is 16.0 Å². The number of hydrogen-bond donors (Lipinski definition) is 3. The first-order chi connectivity index (χ1) is 13.7. The van der Waals surface area contributed by atoms with Crippen LogP contribution in [0.2, 0.25) is 0 Å². The number of guanidine groups is 1. The number of carbonyl (C=O) groups excluding carboxylic acids is 1. The van der Waals surface area contributed by atoms with Gasteiger partial charge in [-0.25, -0.2) is 0 Å². The molecule has 0 aliphatic carbocycles. The lowest BCUT2D eigenvalue weighted by molar-refractivity contribution is 0.0954. The molecule has 0 aromatic heterocycles. The number of halogens is 1. The van der Waals surface area contributed by atoms with Crippen molar-refractivity contribution in [1.29, 1.82) is 0 Å². The standard InChI is InChI=1S/C20H23BrN4O3/c1-22-20(24-8-7-14-5-6-17-18(11-14)28-13-27-17)25-10-9-23-19(26)15-3-2-4-16(21)12-15/h2-6,11-12H,7-10,13H2,1H3,(H,23,26)(H2,22,24,25). The Balaban J connectivity index is 1.35. The second-order valence-electron chi connectivity index (χ2n) is 6.13. The third-order valence-corrected chi connectivity index (χ3v) is 4.65. The van der Waals surface area contributed by atoms with Crippen LogP contribution >= 0.6 is 15.9 Å². The van der Waals surface area contributed by atoms with Gasteiger partial charge in [-0.2, -0.15) is 0 Å². The van der Waals surface area contributed by atoms with Crippen molar-refractivity contribution in [3.05, 3.63) is 58.1 Å². The first kappa shape index (κ1) is 20.0. The number of carbonyl (C=O) groups is 1. The lowest BCUT2D eigenvalue weighted by Gasteiger charge is -2.12. The van der Waals surface area contributed by atoms with E-state index in [0.29, 0.717) is 24.6 Å². The number of benzene rings is 2. The quantitative estimate of drug-likeness (QED) is 0.345. The third-order valence-electron chi connectivity index (χ3n) is 4.16. The summed E-state index contributed by atoms with van der Waals surface area (Å²) in [4.78, 5) is 16.3. The summed E-state index contributed by atoms with van der Waals surface area (Å²) in [5.74, 6) is 2.17. The van der Waals surface area contributed by atoms with Gasteiger partial charge >= 0.3 is 0 Å². The molecule has 0 atom stereocenters. The predicted octanol–water partition coefficient (Wildman–Crippen LogP) is 2.32. The summed E-state index contributed by atoms with van der Waals surface area (Å²) in [6.07, 6.45) is 0.830. The van der Waals surface area contributed by atoms with E-state index in [2.05, 4.69) is 36.9 Å². The van der Waals surface area contributed by atoms with E-state index in [0.717, 1.165) is 34.5 Å². The number of ether oxygens (including phenoxy) is 2. The van der Waals surface area contributed by atoms with Crippen LogP contribution < -0.4 is 25.4 Å². The van der Waals surface area contributed by atoms with Crippen molar-refractivity contribution in [3.63, 3.8) is 0 Å². The summed E-state index contributed by atoms with van der Waals surface area (Å²) >= 11 is 3.37. The lowest BCUT2D eigenvalue weighted by atomic mass is 10.1. The number of nitrogens with zero attached hydrogens (tertiary/aromatic N) is 1. The molecule has 1 aliphatic heterocycles. The van der Waals surface area contributed by atoms with Crippen LogP contribution in [0, 0.1) is 0 Å². The van der Waals surface area contributed by atoms with Crippen molar-refractivity contribution in [3.8, 4) is 11.5 Å². The summed E-state index contributed by atoms with van der Waals surface area (Å²) in [6, 6.07) is 13.3. The Kier molecular flexibility index (Phi) is 7.13. The molecule has 8 heteroatoms. The Labute approximate surface area is 172 Å². The Bertz CT molecular complexity index is 857. The fourth-order valence-corrected chi connectivity index (χ4v) is 3.13. The van der Waals surface area contributed by atoms with Gasteiger partial charge in [-0.3, -0.25) is 9.79 Å². The van der Waals surface area contributed by atoms with Gasteiger partial charge in [0.15, 0.2) is 17.5 Å². The smallest absolute Gasteiger partial charge is 0.251 e. The summed E-state index contributed by atoms with van der Waals surface area (Å²) in [6.45, 7) is 2.08. The zero-order chi connectivity index (χ0) is 19.8. The summed E-state index contributed by atoms with van der Waals surface area (Å²) < 4.78 is 11.6. The van der Waals surface area contributed by atoms with Crippen LogP contribution in [0.25, 0.3) is 0 Å². The van der Waals surface area contributed by atoms with Crippen LogP contribution in [0.15, 0.2) is 51.9 Å². The monoisotopic (exact) mass is 446 g/mol. The van der Waals surface area contributed by atoms with Crippen LogP contribution in [0.1, 0.15) is 15.9 Å². The van der Waals surface area contributed by atoms with Crippen molar-refractivity contribution in [2.75, 3.05) is 33.5 Å². The second kappa shape index (κ2) is 9.98. The highest BCUT2D eigenvalue weighted by atomic mass is 79.9. The molecule has 0 saturated carbocycles.